The number of hydrogen-bond donors (Lipinski definition) is 0. The van der Waals surface area contributed by atoms with Gasteiger partial charge in [0.25, 0.3) is 0 Å². The number of piperidine rings is 1. The molecule has 0 aromatic carbocycles. The van der Waals surface area contributed by atoms with Crippen molar-refractivity contribution >= 4 is 0 Å². The molecule has 0 spiro atoms. The third kappa shape index (κ3) is 4.01. The van der Waals surface area contributed by atoms with Crippen molar-refractivity contribution in [2.24, 2.45) is 0 Å². The summed E-state index contributed by atoms with van der Waals surface area (Å²) in [5, 5.41) is 9.13. The number of aromatic nitrogens is 3. The molecule has 0 atom stereocenters. The van der Waals surface area contributed by atoms with Crippen LogP contribution in [-0.2, 0) is 6.54 Å². The van der Waals surface area contributed by atoms with Gasteiger partial charge in [0, 0.05) is 18.5 Å². The Hall–Kier alpha value is -1.20. The van der Waals surface area contributed by atoms with Crippen molar-refractivity contribution in [1.82, 2.24) is 24.6 Å². The fourth-order valence-corrected chi connectivity index (χ4v) is 3.53. The minimum Gasteiger partial charge on any atom is -0.311 e. The molecule has 2 fully saturated rings. The second-order valence-corrected chi connectivity index (χ2v) is 7.50. The molecular weight excluding hydrogens is 286 g/mol. The van der Waals surface area contributed by atoms with Gasteiger partial charge in [-0.25, -0.2) is 0 Å². The van der Waals surface area contributed by atoms with Crippen LogP contribution in [-0.4, -0.2) is 58.3 Å². The molecule has 1 aliphatic carbocycles. The highest BCUT2D eigenvalue weighted by atomic mass is 15.3. The van der Waals surface area contributed by atoms with Crippen molar-refractivity contribution in [3.63, 3.8) is 0 Å². The highest BCUT2D eigenvalue weighted by Crippen LogP contribution is 2.39. The monoisotopic (exact) mass is 317 g/mol. The number of nitrogens with zero attached hydrogens (tertiary/aromatic N) is 5. The first-order valence-electron chi connectivity index (χ1n) is 9.01. The van der Waals surface area contributed by atoms with Crippen LogP contribution in [0.25, 0.3) is 0 Å². The van der Waals surface area contributed by atoms with E-state index in [1.54, 1.807) is 0 Å². The van der Waals surface area contributed by atoms with E-state index < -0.39 is 0 Å². The Morgan fingerprint density at radius 1 is 1.17 bits per heavy atom. The van der Waals surface area contributed by atoms with Gasteiger partial charge in [0.1, 0.15) is 11.6 Å². The van der Waals surface area contributed by atoms with Gasteiger partial charge in [-0.05, 0) is 66.7 Å². The molecule has 3 rings (SSSR count). The Labute approximate surface area is 140 Å². The summed E-state index contributed by atoms with van der Waals surface area (Å²) in [7, 11) is 4.21. The summed E-state index contributed by atoms with van der Waals surface area (Å²) in [6.45, 7) is 8.72. The molecule has 0 bridgehead atoms. The summed E-state index contributed by atoms with van der Waals surface area (Å²) < 4.78 is 2.47. The lowest BCUT2D eigenvalue weighted by molar-refractivity contribution is 0.222. The minimum absolute atomic E-state index is 0.584. The average Bonchev–Trinajstić information content (AvgIpc) is 3.29. The lowest BCUT2D eigenvalue weighted by atomic mass is 9.95. The summed E-state index contributed by atoms with van der Waals surface area (Å²) in [5.41, 5.74) is 1.47. The third-order valence-corrected chi connectivity index (χ3v) is 5.08. The lowest BCUT2D eigenvalue weighted by Gasteiger charge is -2.32. The summed E-state index contributed by atoms with van der Waals surface area (Å²) in [6.07, 6.45) is 7.24. The Morgan fingerprint density at radius 2 is 1.87 bits per heavy atom. The Kier molecular flexibility index (Phi) is 5.17. The maximum absolute atomic E-state index is 4.61. The Balaban J connectivity index is 1.67. The van der Waals surface area contributed by atoms with Gasteiger partial charge in [-0.3, -0.25) is 4.90 Å². The molecule has 1 saturated heterocycles. The zero-order valence-corrected chi connectivity index (χ0v) is 15.1. The maximum Gasteiger partial charge on any atom is 0.147 e. The van der Waals surface area contributed by atoms with E-state index in [1.165, 1.54) is 50.2 Å². The van der Waals surface area contributed by atoms with Crippen LogP contribution in [0.2, 0.25) is 0 Å². The van der Waals surface area contributed by atoms with Gasteiger partial charge in [0.05, 0.1) is 6.54 Å². The van der Waals surface area contributed by atoms with Crippen molar-refractivity contribution in [3.8, 4) is 0 Å². The zero-order chi connectivity index (χ0) is 16.4. The highest BCUT2D eigenvalue weighted by Gasteiger charge is 2.33. The Bertz CT molecular complexity index is 548. The predicted octanol–water partition coefficient (Wildman–Crippen LogP) is 2.82. The van der Waals surface area contributed by atoms with E-state index in [9.17, 15) is 0 Å². The average molecular weight is 317 g/mol. The van der Waals surface area contributed by atoms with Crippen LogP contribution in [0.4, 0.5) is 0 Å². The van der Waals surface area contributed by atoms with Crippen LogP contribution in [0, 0.1) is 0 Å². The molecule has 1 aromatic rings. The van der Waals surface area contributed by atoms with E-state index in [4.69, 9.17) is 0 Å². The van der Waals surface area contributed by atoms with Crippen molar-refractivity contribution < 1.29 is 0 Å². The quantitative estimate of drug-likeness (QED) is 0.756. The molecule has 5 heteroatoms. The first-order chi connectivity index (χ1) is 11.1. The molecule has 23 heavy (non-hydrogen) atoms. The molecule has 1 saturated carbocycles. The van der Waals surface area contributed by atoms with Gasteiger partial charge < -0.3 is 9.47 Å². The normalized spacial score (nSPS) is 21.3. The molecule has 1 aliphatic heterocycles. The SMILES string of the molecule is C/C=C(\C)CN1CCC(c2nnc(CN(C)C)n2C2CC2)CC1. The van der Waals surface area contributed by atoms with Crippen molar-refractivity contribution in [3.05, 3.63) is 23.3 Å². The van der Waals surface area contributed by atoms with Gasteiger partial charge >= 0.3 is 0 Å². The fourth-order valence-electron chi connectivity index (χ4n) is 3.53. The van der Waals surface area contributed by atoms with Gasteiger partial charge in [0.2, 0.25) is 0 Å². The van der Waals surface area contributed by atoms with Crippen LogP contribution in [0.3, 0.4) is 0 Å². The third-order valence-electron chi connectivity index (χ3n) is 5.08. The summed E-state index contributed by atoms with van der Waals surface area (Å²) in [4.78, 5) is 4.76. The first-order valence-corrected chi connectivity index (χ1v) is 9.01. The van der Waals surface area contributed by atoms with Crippen LogP contribution < -0.4 is 0 Å². The first kappa shape index (κ1) is 16.7. The number of rotatable bonds is 6. The molecule has 0 amide bonds. The number of likely N-dealkylation sites (tertiary alicyclic amines) is 1. The molecule has 128 valence electrons. The van der Waals surface area contributed by atoms with Crippen molar-refractivity contribution in [2.45, 2.75) is 58.0 Å². The van der Waals surface area contributed by atoms with Gasteiger partial charge in [-0.1, -0.05) is 11.6 Å². The lowest BCUT2D eigenvalue weighted by Crippen LogP contribution is -2.34. The van der Waals surface area contributed by atoms with Gasteiger partial charge in [-0.15, -0.1) is 10.2 Å². The van der Waals surface area contributed by atoms with Crippen molar-refractivity contribution in [1.29, 1.82) is 0 Å². The molecule has 5 nitrogen and oxygen atoms in total. The smallest absolute Gasteiger partial charge is 0.147 e. The molecule has 0 unspecified atom stereocenters. The van der Waals surface area contributed by atoms with Gasteiger partial charge in [0.15, 0.2) is 0 Å². The fraction of sp³-hybridized carbons (Fsp3) is 0.778. The van der Waals surface area contributed by atoms with E-state index in [-0.39, 0.29) is 0 Å². The summed E-state index contributed by atoms with van der Waals surface area (Å²) in [6, 6.07) is 0.665. The minimum atomic E-state index is 0.584. The Morgan fingerprint density at radius 3 is 2.43 bits per heavy atom. The van der Waals surface area contributed by atoms with E-state index >= 15 is 0 Å². The van der Waals surface area contributed by atoms with Crippen LogP contribution >= 0.6 is 0 Å². The van der Waals surface area contributed by atoms with E-state index in [0.29, 0.717) is 12.0 Å². The molecule has 0 radical (unpaired) electrons. The van der Waals surface area contributed by atoms with Crippen molar-refractivity contribution in [2.75, 3.05) is 33.7 Å². The van der Waals surface area contributed by atoms with E-state index in [0.717, 1.165) is 18.9 Å². The molecule has 2 heterocycles. The zero-order valence-electron chi connectivity index (χ0n) is 15.1. The highest BCUT2D eigenvalue weighted by molar-refractivity contribution is 5.09. The molecule has 2 aliphatic rings. The predicted molar refractivity (Wildman–Crippen MR) is 93.5 cm³/mol. The second kappa shape index (κ2) is 7.14. The standard InChI is InChI=1S/C18H31N5/c1-5-14(2)12-22-10-8-15(9-11-22)18-20-19-17(13-21(3)4)23(18)16-6-7-16/h5,15-16H,6-13H2,1-4H3/b14-5+. The summed E-state index contributed by atoms with van der Waals surface area (Å²) in [5.74, 6) is 2.99. The molecule has 1 aromatic heterocycles. The molecular formula is C18H31N5. The van der Waals surface area contributed by atoms with Crippen LogP contribution in [0.15, 0.2) is 11.6 Å². The van der Waals surface area contributed by atoms with E-state index in [1.807, 2.05) is 0 Å². The number of hydrogen-bond acceptors (Lipinski definition) is 4. The largest absolute Gasteiger partial charge is 0.311 e. The van der Waals surface area contributed by atoms with Gasteiger partial charge in [-0.2, -0.15) is 0 Å². The summed E-state index contributed by atoms with van der Waals surface area (Å²) >= 11 is 0. The van der Waals surface area contributed by atoms with Crippen LogP contribution in [0.5, 0.6) is 0 Å². The molecule has 0 N–H and O–H groups in total. The topological polar surface area (TPSA) is 37.2 Å². The van der Waals surface area contributed by atoms with E-state index in [2.05, 4.69) is 58.6 Å². The maximum atomic E-state index is 4.61. The number of allylic oxidation sites excluding steroid dienone is 1. The van der Waals surface area contributed by atoms with Crippen LogP contribution in [0.1, 0.15) is 63.1 Å². The second-order valence-electron chi connectivity index (χ2n) is 7.50.